The Hall–Kier alpha value is -1.44. The molecule has 0 spiro atoms. The van der Waals surface area contributed by atoms with E-state index < -0.39 is 10.0 Å². The van der Waals surface area contributed by atoms with Crippen molar-refractivity contribution >= 4 is 26.5 Å². The van der Waals surface area contributed by atoms with Gasteiger partial charge in [-0.1, -0.05) is 29.5 Å². The van der Waals surface area contributed by atoms with Crippen molar-refractivity contribution in [3.63, 3.8) is 0 Å². The van der Waals surface area contributed by atoms with E-state index in [1.165, 1.54) is 42.1 Å². The summed E-state index contributed by atoms with van der Waals surface area (Å²) in [7, 11) is -3.68. The molecular weight excluding hydrogens is 318 g/mol. The summed E-state index contributed by atoms with van der Waals surface area (Å²) in [4.78, 5) is 4.08. The van der Waals surface area contributed by atoms with Crippen molar-refractivity contribution in [1.29, 1.82) is 0 Å². The van der Waals surface area contributed by atoms with Gasteiger partial charge in [-0.25, -0.2) is 18.5 Å². The van der Waals surface area contributed by atoms with Gasteiger partial charge in [-0.15, -0.1) is 0 Å². The molecule has 1 aromatic carbocycles. The summed E-state index contributed by atoms with van der Waals surface area (Å²) in [5.41, 5.74) is 4.07. The number of benzene rings is 1. The van der Waals surface area contributed by atoms with Gasteiger partial charge in [0.1, 0.15) is 0 Å². The van der Waals surface area contributed by atoms with E-state index in [0.29, 0.717) is 5.13 Å². The molecule has 0 amide bonds. The Balaban J connectivity index is 1.77. The first-order valence-electron chi connectivity index (χ1n) is 7.30. The van der Waals surface area contributed by atoms with E-state index >= 15 is 0 Å². The molecule has 0 radical (unpaired) electrons. The zero-order valence-electron chi connectivity index (χ0n) is 12.4. The van der Waals surface area contributed by atoms with Gasteiger partial charge in [0, 0.05) is 0 Å². The fourth-order valence-corrected chi connectivity index (χ4v) is 4.29. The molecule has 1 heterocycles. The molecule has 1 aliphatic rings. The SMILES string of the molecule is CC(Nc1ncc(S(N)(=O)=O)s1)c1ccc2c(c1)CCCC2. The van der Waals surface area contributed by atoms with Crippen LogP contribution in [0.2, 0.25) is 0 Å². The summed E-state index contributed by atoms with van der Waals surface area (Å²) in [5.74, 6) is 0. The predicted molar refractivity (Wildman–Crippen MR) is 88.6 cm³/mol. The standard InChI is InChI=1S/C15H19N3O2S2/c1-10(18-15-17-9-14(21-15)22(16,19)20)12-7-6-11-4-2-3-5-13(11)8-12/h6-10H,2-5H2,1H3,(H,17,18)(H2,16,19,20). The van der Waals surface area contributed by atoms with Crippen molar-refractivity contribution in [2.75, 3.05) is 5.32 Å². The van der Waals surface area contributed by atoms with Crippen LogP contribution < -0.4 is 10.5 Å². The quantitative estimate of drug-likeness (QED) is 0.898. The van der Waals surface area contributed by atoms with Gasteiger partial charge in [0.15, 0.2) is 9.34 Å². The molecule has 0 fully saturated rings. The highest BCUT2D eigenvalue weighted by atomic mass is 32.2. The van der Waals surface area contributed by atoms with E-state index in [-0.39, 0.29) is 10.3 Å². The maximum Gasteiger partial charge on any atom is 0.249 e. The number of rotatable bonds is 4. The average molecular weight is 337 g/mol. The Morgan fingerprint density at radius 1 is 1.27 bits per heavy atom. The van der Waals surface area contributed by atoms with Gasteiger partial charge in [0.2, 0.25) is 10.0 Å². The molecule has 5 nitrogen and oxygen atoms in total. The smallest absolute Gasteiger partial charge is 0.249 e. The zero-order valence-corrected chi connectivity index (χ0v) is 14.0. The fourth-order valence-electron chi connectivity index (χ4n) is 2.75. The van der Waals surface area contributed by atoms with Crippen molar-refractivity contribution < 1.29 is 8.42 Å². The molecule has 0 saturated heterocycles. The number of fused-ring (bicyclic) bond motifs is 1. The third-order valence-corrected chi connectivity index (χ3v) is 6.31. The largest absolute Gasteiger partial charge is 0.355 e. The number of hydrogen-bond donors (Lipinski definition) is 2. The zero-order chi connectivity index (χ0) is 15.7. The lowest BCUT2D eigenvalue weighted by Crippen LogP contribution is -2.10. The normalized spacial score (nSPS) is 16.1. The monoisotopic (exact) mass is 337 g/mol. The first kappa shape index (κ1) is 15.5. The number of aryl methyl sites for hydroxylation is 2. The molecule has 3 rings (SSSR count). The number of nitrogens with one attached hydrogen (secondary N) is 1. The van der Waals surface area contributed by atoms with Crippen LogP contribution in [0.15, 0.2) is 28.6 Å². The highest BCUT2D eigenvalue weighted by Crippen LogP contribution is 2.28. The van der Waals surface area contributed by atoms with Crippen molar-refractivity contribution in [2.24, 2.45) is 5.14 Å². The number of thiazole rings is 1. The topological polar surface area (TPSA) is 85.1 Å². The predicted octanol–water partition coefficient (Wildman–Crippen LogP) is 2.84. The molecule has 0 bridgehead atoms. The van der Waals surface area contributed by atoms with Crippen molar-refractivity contribution in [2.45, 2.75) is 42.9 Å². The number of primary sulfonamides is 1. The van der Waals surface area contributed by atoms with Crippen LogP contribution in [0.3, 0.4) is 0 Å². The second kappa shape index (κ2) is 5.98. The molecule has 118 valence electrons. The summed E-state index contributed by atoms with van der Waals surface area (Å²) < 4.78 is 22.6. The second-order valence-corrected chi connectivity index (χ2v) is 8.45. The maximum atomic E-state index is 11.3. The van der Waals surface area contributed by atoms with E-state index in [4.69, 9.17) is 5.14 Å². The van der Waals surface area contributed by atoms with Gasteiger partial charge in [0.25, 0.3) is 0 Å². The molecule has 1 atom stereocenters. The summed E-state index contributed by atoms with van der Waals surface area (Å²) >= 11 is 1.06. The van der Waals surface area contributed by atoms with Gasteiger partial charge < -0.3 is 5.32 Å². The van der Waals surface area contributed by atoms with E-state index in [2.05, 4.69) is 28.5 Å². The first-order valence-corrected chi connectivity index (χ1v) is 9.66. The van der Waals surface area contributed by atoms with Gasteiger partial charge in [-0.3, -0.25) is 0 Å². The Labute approximate surface area is 134 Å². The lowest BCUT2D eigenvalue weighted by atomic mass is 9.89. The molecule has 7 heteroatoms. The van der Waals surface area contributed by atoms with Crippen molar-refractivity contribution in [1.82, 2.24) is 4.98 Å². The van der Waals surface area contributed by atoms with Crippen molar-refractivity contribution in [3.8, 4) is 0 Å². The Bertz CT molecular complexity index is 784. The molecule has 3 N–H and O–H groups in total. The number of sulfonamides is 1. The third-order valence-electron chi connectivity index (χ3n) is 3.98. The number of hydrogen-bond acceptors (Lipinski definition) is 5. The minimum atomic E-state index is -3.68. The number of anilines is 1. The van der Waals surface area contributed by atoms with Crippen LogP contribution in [0.25, 0.3) is 0 Å². The van der Waals surface area contributed by atoms with Crippen LogP contribution in [0, 0.1) is 0 Å². The summed E-state index contributed by atoms with van der Waals surface area (Å²) in [6, 6.07) is 6.66. The van der Waals surface area contributed by atoms with Crippen LogP contribution in [-0.4, -0.2) is 13.4 Å². The van der Waals surface area contributed by atoms with Crippen molar-refractivity contribution in [3.05, 3.63) is 41.1 Å². The van der Waals surface area contributed by atoms with Crippen LogP contribution in [0.1, 0.15) is 42.5 Å². The Morgan fingerprint density at radius 2 is 2.00 bits per heavy atom. The van der Waals surface area contributed by atoms with Crippen LogP contribution in [-0.2, 0) is 22.9 Å². The third kappa shape index (κ3) is 3.31. The summed E-state index contributed by atoms with van der Waals surface area (Å²) in [6.07, 6.45) is 6.13. The van der Waals surface area contributed by atoms with Crippen LogP contribution >= 0.6 is 11.3 Å². The molecule has 1 unspecified atom stereocenters. The molecule has 1 aliphatic carbocycles. The molecule has 0 saturated carbocycles. The van der Waals surface area contributed by atoms with Gasteiger partial charge in [-0.05, 0) is 49.3 Å². The van der Waals surface area contributed by atoms with E-state index in [9.17, 15) is 8.42 Å². The minimum Gasteiger partial charge on any atom is -0.355 e. The summed E-state index contributed by atoms with van der Waals surface area (Å²) in [5, 5.41) is 8.91. The van der Waals surface area contributed by atoms with E-state index in [1.807, 2.05) is 6.92 Å². The second-order valence-electron chi connectivity index (χ2n) is 5.63. The van der Waals surface area contributed by atoms with Crippen LogP contribution in [0.4, 0.5) is 5.13 Å². The fraction of sp³-hybridized carbons (Fsp3) is 0.400. The highest BCUT2D eigenvalue weighted by molar-refractivity contribution is 7.91. The lowest BCUT2D eigenvalue weighted by Gasteiger charge is -2.19. The van der Waals surface area contributed by atoms with E-state index in [0.717, 1.165) is 17.8 Å². The first-order chi connectivity index (χ1) is 10.4. The molecule has 2 aromatic rings. The number of nitrogens with two attached hydrogens (primary N) is 1. The summed E-state index contributed by atoms with van der Waals surface area (Å²) in [6.45, 7) is 2.04. The average Bonchev–Trinajstić information content (AvgIpc) is 2.95. The Morgan fingerprint density at radius 3 is 2.68 bits per heavy atom. The highest BCUT2D eigenvalue weighted by Gasteiger charge is 2.16. The molecule has 0 aliphatic heterocycles. The van der Waals surface area contributed by atoms with Gasteiger partial charge >= 0.3 is 0 Å². The number of nitrogens with zero attached hydrogens (tertiary/aromatic N) is 1. The Kier molecular flexibility index (Phi) is 4.20. The molecular formula is C15H19N3O2S2. The van der Waals surface area contributed by atoms with Gasteiger partial charge in [-0.2, -0.15) is 0 Å². The van der Waals surface area contributed by atoms with Crippen LogP contribution in [0.5, 0.6) is 0 Å². The van der Waals surface area contributed by atoms with E-state index in [1.54, 1.807) is 0 Å². The van der Waals surface area contributed by atoms with Gasteiger partial charge in [0.05, 0.1) is 12.2 Å². The minimum absolute atomic E-state index is 0.0618. The molecule has 22 heavy (non-hydrogen) atoms. The number of aromatic nitrogens is 1. The maximum absolute atomic E-state index is 11.3. The molecule has 1 aromatic heterocycles. The lowest BCUT2D eigenvalue weighted by molar-refractivity contribution is 0.599.